The van der Waals surface area contributed by atoms with E-state index < -0.39 is 0 Å². The number of anilines is 1. The van der Waals surface area contributed by atoms with Crippen LogP contribution < -0.4 is 10.5 Å². The normalized spacial score (nSPS) is 10.4. The van der Waals surface area contributed by atoms with Gasteiger partial charge in [0.25, 0.3) is 0 Å². The Morgan fingerprint density at radius 3 is 2.45 bits per heavy atom. The summed E-state index contributed by atoms with van der Waals surface area (Å²) < 4.78 is 7.57. The van der Waals surface area contributed by atoms with Gasteiger partial charge in [-0.2, -0.15) is 4.98 Å². The summed E-state index contributed by atoms with van der Waals surface area (Å²) in [5.74, 6) is 1.24. The minimum Gasteiger partial charge on any atom is -0.473 e. The highest BCUT2D eigenvalue weighted by Crippen LogP contribution is 2.19. The maximum Gasteiger partial charge on any atom is 0.215 e. The van der Waals surface area contributed by atoms with Crippen LogP contribution in [-0.4, -0.2) is 9.55 Å². The third-order valence-electron chi connectivity index (χ3n) is 2.96. The summed E-state index contributed by atoms with van der Waals surface area (Å²) >= 11 is 0. The number of nitrogens with two attached hydrogens (primary N) is 1. The van der Waals surface area contributed by atoms with E-state index in [1.165, 1.54) is 0 Å². The smallest absolute Gasteiger partial charge is 0.215 e. The Kier molecular flexibility index (Phi) is 3.37. The molecule has 2 heterocycles. The van der Waals surface area contributed by atoms with Gasteiger partial charge in [-0.1, -0.05) is 30.3 Å². The van der Waals surface area contributed by atoms with Crippen LogP contribution in [0.3, 0.4) is 0 Å². The third kappa shape index (κ3) is 2.64. The highest BCUT2D eigenvalue weighted by molar-refractivity contribution is 5.54. The van der Waals surface area contributed by atoms with E-state index in [-0.39, 0.29) is 0 Å². The monoisotopic (exact) mass is 265 g/mol. The molecule has 0 bridgehead atoms. The quantitative estimate of drug-likeness (QED) is 0.789. The van der Waals surface area contributed by atoms with Gasteiger partial charge in [0.1, 0.15) is 6.61 Å². The molecule has 2 N–H and O–H groups in total. The van der Waals surface area contributed by atoms with Gasteiger partial charge in [-0.05, 0) is 23.8 Å². The van der Waals surface area contributed by atoms with Crippen molar-refractivity contribution in [2.45, 2.75) is 6.61 Å². The first kappa shape index (κ1) is 12.3. The van der Waals surface area contributed by atoms with Gasteiger partial charge >= 0.3 is 0 Å². The van der Waals surface area contributed by atoms with E-state index in [0.717, 1.165) is 5.56 Å². The lowest BCUT2D eigenvalue weighted by molar-refractivity contribution is 0.294. The Labute approximate surface area is 117 Å². The van der Waals surface area contributed by atoms with E-state index in [9.17, 15) is 0 Å². The highest BCUT2D eigenvalue weighted by Gasteiger charge is 2.05. The van der Waals surface area contributed by atoms with Gasteiger partial charge in [-0.3, -0.25) is 0 Å². The molecule has 4 nitrogen and oxygen atoms in total. The standard InChI is InChI=1S/C16H15N3O/c17-14-8-9-15(18-16(14)19-10-4-5-11-19)20-12-13-6-2-1-3-7-13/h1-11H,12,17H2. The van der Waals surface area contributed by atoms with Gasteiger partial charge in [0.15, 0.2) is 5.82 Å². The van der Waals surface area contributed by atoms with Crippen molar-refractivity contribution in [3.05, 3.63) is 72.6 Å². The number of hydrogen-bond donors (Lipinski definition) is 1. The number of nitrogen functional groups attached to an aromatic ring is 1. The molecule has 0 atom stereocenters. The summed E-state index contributed by atoms with van der Waals surface area (Å²) in [5.41, 5.74) is 7.67. The minimum atomic E-state index is 0.489. The maximum atomic E-state index is 5.95. The average Bonchev–Trinajstić information content (AvgIpc) is 3.01. The predicted octanol–water partition coefficient (Wildman–Crippen LogP) is 3.03. The number of nitrogens with zero attached hydrogens (tertiary/aromatic N) is 2. The van der Waals surface area contributed by atoms with Crippen molar-refractivity contribution >= 4 is 5.69 Å². The van der Waals surface area contributed by atoms with Gasteiger partial charge in [-0.25, -0.2) is 0 Å². The number of ether oxygens (including phenoxy) is 1. The molecule has 3 aromatic rings. The van der Waals surface area contributed by atoms with Crippen LogP contribution in [-0.2, 0) is 6.61 Å². The Bertz CT molecular complexity index is 678. The molecular formula is C16H15N3O. The van der Waals surface area contributed by atoms with Crippen molar-refractivity contribution in [1.29, 1.82) is 0 Å². The molecule has 0 aliphatic heterocycles. The third-order valence-corrected chi connectivity index (χ3v) is 2.96. The SMILES string of the molecule is Nc1ccc(OCc2ccccc2)nc1-n1cccc1. The maximum absolute atomic E-state index is 5.95. The molecule has 2 aromatic heterocycles. The highest BCUT2D eigenvalue weighted by atomic mass is 16.5. The fourth-order valence-electron chi connectivity index (χ4n) is 1.94. The van der Waals surface area contributed by atoms with Crippen LogP contribution in [0, 0.1) is 0 Å². The van der Waals surface area contributed by atoms with E-state index in [1.54, 1.807) is 6.07 Å². The molecule has 0 aliphatic carbocycles. The van der Waals surface area contributed by atoms with Gasteiger partial charge in [-0.15, -0.1) is 0 Å². The molecule has 1 aromatic carbocycles. The van der Waals surface area contributed by atoms with E-state index in [2.05, 4.69) is 4.98 Å². The number of benzene rings is 1. The van der Waals surface area contributed by atoms with Crippen LogP contribution in [0.5, 0.6) is 5.88 Å². The van der Waals surface area contributed by atoms with Crippen molar-refractivity contribution in [2.24, 2.45) is 0 Å². The average molecular weight is 265 g/mol. The molecule has 4 heteroatoms. The van der Waals surface area contributed by atoms with Crippen molar-refractivity contribution in [2.75, 3.05) is 5.73 Å². The van der Waals surface area contributed by atoms with Crippen LogP contribution in [0.1, 0.15) is 5.56 Å². The molecule has 0 saturated heterocycles. The molecule has 20 heavy (non-hydrogen) atoms. The first-order valence-corrected chi connectivity index (χ1v) is 6.39. The number of hydrogen-bond acceptors (Lipinski definition) is 3. The van der Waals surface area contributed by atoms with Gasteiger partial charge in [0.05, 0.1) is 5.69 Å². The molecule has 3 rings (SSSR count). The lowest BCUT2D eigenvalue weighted by Gasteiger charge is -2.10. The Morgan fingerprint density at radius 2 is 1.70 bits per heavy atom. The van der Waals surface area contributed by atoms with Crippen molar-refractivity contribution < 1.29 is 4.74 Å². The zero-order valence-electron chi connectivity index (χ0n) is 10.9. The second kappa shape index (κ2) is 5.48. The van der Waals surface area contributed by atoms with Crippen molar-refractivity contribution in [3.63, 3.8) is 0 Å². The number of rotatable bonds is 4. The fourth-order valence-corrected chi connectivity index (χ4v) is 1.94. The molecule has 0 saturated carbocycles. The Balaban J connectivity index is 1.79. The zero-order valence-corrected chi connectivity index (χ0v) is 10.9. The molecule has 0 unspecified atom stereocenters. The summed E-state index contributed by atoms with van der Waals surface area (Å²) in [4.78, 5) is 4.45. The van der Waals surface area contributed by atoms with E-state index in [0.29, 0.717) is 24.0 Å². The Morgan fingerprint density at radius 1 is 0.950 bits per heavy atom. The topological polar surface area (TPSA) is 53.1 Å². The van der Waals surface area contributed by atoms with Crippen molar-refractivity contribution in [3.8, 4) is 11.7 Å². The molecule has 0 spiro atoms. The molecule has 100 valence electrons. The second-order valence-electron chi connectivity index (χ2n) is 4.43. The van der Waals surface area contributed by atoms with Crippen LogP contribution >= 0.6 is 0 Å². The summed E-state index contributed by atoms with van der Waals surface area (Å²) in [6, 6.07) is 17.4. The number of pyridine rings is 1. The van der Waals surface area contributed by atoms with Gasteiger partial charge < -0.3 is 15.0 Å². The molecule has 0 fully saturated rings. The Hall–Kier alpha value is -2.75. The van der Waals surface area contributed by atoms with Crippen LogP contribution in [0.4, 0.5) is 5.69 Å². The minimum absolute atomic E-state index is 0.489. The number of aromatic nitrogens is 2. The summed E-state index contributed by atoms with van der Waals surface area (Å²) in [7, 11) is 0. The van der Waals surface area contributed by atoms with E-state index in [1.807, 2.05) is 65.5 Å². The second-order valence-corrected chi connectivity index (χ2v) is 4.43. The summed E-state index contributed by atoms with van der Waals surface area (Å²) in [6.07, 6.45) is 3.80. The van der Waals surface area contributed by atoms with Gasteiger partial charge in [0.2, 0.25) is 5.88 Å². The first-order chi connectivity index (χ1) is 9.83. The first-order valence-electron chi connectivity index (χ1n) is 6.39. The molecule has 0 aliphatic rings. The van der Waals surface area contributed by atoms with Crippen molar-refractivity contribution in [1.82, 2.24) is 9.55 Å². The predicted molar refractivity (Wildman–Crippen MR) is 78.8 cm³/mol. The largest absolute Gasteiger partial charge is 0.473 e. The van der Waals surface area contributed by atoms with Crippen LogP contribution in [0.15, 0.2) is 67.0 Å². The lowest BCUT2D eigenvalue weighted by atomic mass is 10.2. The van der Waals surface area contributed by atoms with E-state index in [4.69, 9.17) is 10.5 Å². The fraction of sp³-hybridized carbons (Fsp3) is 0.0625. The summed E-state index contributed by atoms with van der Waals surface area (Å²) in [5, 5.41) is 0. The van der Waals surface area contributed by atoms with E-state index >= 15 is 0 Å². The molecule has 0 radical (unpaired) electrons. The molecule has 0 amide bonds. The summed E-state index contributed by atoms with van der Waals surface area (Å²) in [6.45, 7) is 0.489. The zero-order chi connectivity index (χ0) is 13.8. The van der Waals surface area contributed by atoms with Crippen LogP contribution in [0.25, 0.3) is 5.82 Å². The lowest BCUT2D eigenvalue weighted by Crippen LogP contribution is -2.03. The van der Waals surface area contributed by atoms with Gasteiger partial charge in [0, 0.05) is 18.5 Å². The van der Waals surface area contributed by atoms with Crippen LogP contribution in [0.2, 0.25) is 0 Å². The molecular weight excluding hydrogens is 250 g/mol.